The van der Waals surface area contributed by atoms with Crippen LogP contribution in [0.15, 0.2) is 24.3 Å². The zero-order chi connectivity index (χ0) is 10.8. The van der Waals surface area contributed by atoms with Crippen LogP contribution in [0.1, 0.15) is 12.5 Å². The number of hydrogen-bond donors (Lipinski definition) is 3. The molecule has 1 unspecified atom stereocenters. The van der Waals surface area contributed by atoms with E-state index in [1.807, 2.05) is 0 Å². The summed E-state index contributed by atoms with van der Waals surface area (Å²) in [6.07, 6.45) is -0.0310. The van der Waals surface area contributed by atoms with Crippen LogP contribution in [-0.4, -0.2) is 26.9 Å². The van der Waals surface area contributed by atoms with Crippen molar-refractivity contribution in [1.29, 1.82) is 0 Å². The topological polar surface area (TPSA) is 77.8 Å². The average molecular weight is 196 g/mol. The Bertz CT molecular complexity index is 344. The first-order valence-corrected chi connectivity index (χ1v) is 4.15. The van der Waals surface area contributed by atoms with Crippen molar-refractivity contribution in [3.8, 4) is 5.75 Å². The zero-order valence-electron chi connectivity index (χ0n) is 7.77. The van der Waals surface area contributed by atoms with Gasteiger partial charge in [-0.3, -0.25) is 0 Å². The molecular formula is C10H12O4. The van der Waals surface area contributed by atoms with Gasteiger partial charge in [-0.25, -0.2) is 4.79 Å². The SMILES string of the molecule is CC(O)(Cc1cccc(O)c1)C(=O)O. The molecule has 3 N–H and O–H groups in total. The van der Waals surface area contributed by atoms with Gasteiger partial charge in [0.1, 0.15) is 5.75 Å². The second-order valence-corrected chi connectivity index (χ2v) is 3.43. The van der Waals surface area contributed by atoms with Crippen LogP contribution >= 0.6 is 0 Å². The number of carboxylic acid groups (broad SMARTS) is 1. The van der Waals surface area contributed by atoms with Gasteiger partial charge in [-0.15, -0.1) is 0 Å². The Hall–Kier alpha value is -1.55. The van der Waals surface area contributed by atoms with E-state index in [0.29, 0.717) is 5.56 Å². The van der Waals surface area contributed by atoms with Crippen LogP contribution in [0.25, 0.3) is 0 Å². The molecule has 0 saturated heterocycles. The molecule has 1 aromatic rings. The minimum atomic E-state index is -1.80. The normalized spacial score (nSPS) is 14.7. The lowest BCUT2D eigenvalue weighted by Crippen LogP contribution is -2.37. The van der Waals surface area contributed by atoms with Crippen LogP contribution in [-0.2, 0) is 11.2 Å². The first-order valence-electron chi connectivity index (χ1n) is 4.15. The van der Waals surface area contributed by atoms with Crippen LogP contribution in [0.4, 0.5) is 0 Å². The Morgan fingerprint density at radius 2 is 2.14 bits per heavy atom. The van der Waals surface area contributed by atoms with E-state index in [0.717, 1.165) is 0 Å². The number of carbonyl (C=O) groups is 1. The van der Waals surface area contributed by atoms with Crippen LogP contribution in [0.3, 0.4) is 0 Å². The van der Waals surface area contributed by atoms with Crippen LogP contribution in [0.5, 0.6) is 5.75 Å². The van der Waals surface area contributed by atoms with Crippen molar-refractivity contribution in [3.63, 3.8) is 0 Å². The summed E-state index contributed by atoms with van der Waals surface area (Å²) in [6, 6.07) is 6.16. The molecule has 0 aliphatic heterocycles. The van der Waals surface area contributed by atoms with E-state index < -0.39 is 11.6 Å². The maximum Gasteiger partial charge on any atom is 0.335 e. The highest BCUT2D eigenvalue weighted by atomic mass is 16.4. The lowest BCUT2D eigenvalue weighted by molar-refractivity contribution is -0.156. The van der Waals surface area contributed by atoms with Gasteiger partial charge in [0.25, 0.3) is 0 Å². The summed E-state index contributed by atoms with van der Waals surface area (Å²) in [4.78, 5) is 10.6. The van der Waals surface area contributed by atoms with Gasteiger partial charge in [-0.05, 0) is 24.6 Å². The van der Waals surface area contributed by atoms with Crippen molar-refractivity contribution in [3.05, 3.63) is 29.8 Å². The van der Waals surface area contributed by atoms with E-state index in [1.165, 1.54) is 19.1 Å². The number of aliphatic hydroxyl groups is 1. The van der Waals surface area contributed by atoms with Gasteiger partial charge in [-0.1, -0.05) is 12.1 Å². The largest absolute Gasteiger partial charge is 0.508 e. The third kappa shape index (κ3) is 2.47. The Balaban J connectivity index is 2.83. The van der Waals surface area contributed by atoms with Gasteiger partial charge in [0, 0.05) is 6.42 Å². The minimum Gasteiger partial charge on any atom is -0.508 e. The van der Waals surface area contributed by atoms with Gasteiger partial charge in [0.05, 0.1) is 0 Å². The molecule has 0 fully saturated rings. The van der Waals surface area contributed by atoms with Crippen molar-refractivity contribution in [1.82, 2.24) is 0 Å². The predicted molar refractivity (Wildman–Crippen MR) is 50.1 cm³/mol. The Kier molecular flexibility index (Phi) is 2.76. The van der Waals surface area contributed by atoms with Gasteiger partial charge in [-0.2, -0.15) is 0 Å². The summed E-state index contributed by atoms with van der Waals surface area (Å²) < 4.78 is 0. The second kappa shape index (κ2) is 3.67. The van der Waals surface area contributed by atoms with E-state index >= 15 is 0 Å². The van der Waals surface area contributed by atoms with E-state index in [4.69, 9.17) is 10.2 Å². The van der Waals surface area contributed by atoms with Crippen LogP contribution in [0, 0.1) is 0 Å². The fourth-order valence-electron chi connectivity index (χ4n) is 1.14. The fraction of sp³-hybridized carbons (Fsp3) is 0.300. The summed E-state index contributed by atoms with van der Waals surface area (Å²) >= 11 is 0. The number of carboxylic acids is 1. The summed E-state index contributed by atoms with van der Waals surface area (Å²) in [5, 5.41) is 27.2. The van der Waals surface area contributed by atoms with Crippen LogP contribution < -0.4 is 0 Å². The smallest absolute Gasteiger partial charge is 0.335 e. The Morgan fingerprint density at radius 3 is 2.64 bits per heavy atom. The predicted octanol–water partition coefficient (Wildman–Crippen LogP) is 0.770. The number of phenols is 1. The molecule has 0 aromatic heterocycles. The Labute approximate surface area is 81.4 Å². The number of benzene rings is 1. The molecule has 4 heteroatoms. The van der Waals surface area contributed by atoms with Crippen molar-refractivity contribution in [2.24, 2.45) is 0 Å². The monoisotopic (exact) mass is 196 g/mol. The molecule has 0 spiro atoms. The third-order valence-electron chi connectivity index (χ3n) is 1.92. The van der Waals surface area contributed by atoms with Gasteiger partial charge in [0.15, 0.2) is 5.60 Å². The molecule has 0 saturated carbocycles. The standard InChI is InChI=1S/C10H12O4/c1-10(14,9(12)13)6-7-3-2-4-8(11)5-7/h2-5,11,14H,6H2,1H3,(H,12,13). The maximum atomic E-state index is 10.6. The Morgan fingerprint density at radius 1 is 1.50 bits per heavy atom. The van der Waals surface area contributed by atoms with Gasteiger partial charge >= 0.3 is 5.97 Å². The van der Waals surface area contributed by atoms with E-state index in [1.54, 1.807) is 12.1 Å². The first kappa shape index (κ1) is 10.5. The molecule has 0 radical (unpaired) electrons. The highest BCUT2D eigenvalue weighted by Crippen LogP contribution is 2.17. The van der Waals surface area contributed by atoms with Gasteiger partial charge < -0.3 is 15.3 Å². The number of phenolic OH excluding ortho intramolecular Hbond substituents is 1. The summed E-state index contributed by atoms with van der Waals surface area (Å²) in [6.45, 7) is 1.22. The molecule has 0 aliphatic rings. The van der Waals surface area contributed by atoms with Crippen molar-refractivity contribution < 1.29 is 20.1 Å². The molecule has 14 heavy (non-hydrogen) atoms. The molecule has 0 heterocycles. The molecule has 1 aromatic carbocycles. The minimum absolute atomic E-state index is 0.0310. The highest BCUT2D eigenvalue weighted by Gasteiger charge is 2.29. The molecule has 76 valence electrons. The molecule has 1 atom stereocenters. The number of aromatic hydroxyl groups is 1. The zero-order valence-corrected chi connectivity index (χ0v) is 7.77. The molecular weight excluding hydrogens is 184 g/mol. The van der Waals surface area contributed by atoms with E-state index in [2.05, 4.69) is 0 Å². The van der Waals surface area contributed by atoms with E-state index in [-0.39, 0.29) is 12.2 Å². The lowest BCUT2D eigenvalue weighted by Gasteiger charge is -2.17. The summed E-state index contributed by atoms with van der Waals surface area (Å²) in [5.41, 5.74) is -1.22. The molecule has 0 amide bonds. The summed E-state index contributed by atoms with van der Waals surface area (Å²) in [7, 11) is 0. The molecule has 0 aliphatic carbocycles. The lowest BCUT2D eigenvalue weighted by atomic mass is 9.97. The number of rotatable bonds is 3. The van der Waals surface area contributed by atoms with Crippen LogP contribution in [0.2, 0.25) is 0 Å². The van der Waals surface area contributed by atoms with E-state index in [9.17, 15) is 9.90 Å². The van der Waals surface area contributed by atoms with Gasteiger partial charge in [0.2, 0.25) is 0 Å². The number of aliphatic carboxylic acids is 1. The first-order chi connectivity index (χ1) is 6.42. The van der Waals surface area contributed by atoms with Crippen molar-refractivity contribution in [2.75, 3.05) is 0 Å². The highest BCUT2D eigenvalue weighted by molar-refractivity contribution is 5.76. The summed E-state index contributed by atoms with van der Waals surface area (Å²) in [5.74, 6) is -1.22. The average Bonchev–Trinajstić information content (AvgIpc) is 2.02. The van der Waals surface area contributed by atoms with Crippen molar-refractivity contribution in [2.45, 2.75) is 18.9 Å². The molecule has 1 rings (SSSR count). The molecule has 4 nitrogen and oxygen atoms in total. The second-order valence-electron chi connectivity index (χ2n) is 3.43. The van der Waals surface area contributed by atoms with Crippen molar-refractivity contribution >= 4 is 5.97 Å². The number of hydrogen-bond acceptors (Lipinski definition) is 3. The third-order valence-corrected chi connectivity index (χ3v) is 1.92. The molecule has 0 bridgehead atoms. The quantitative estimate of drug-likeness (QED) is 0.667. The maximum absolute atomic E-state index is 10.6. The fourth-order valence-corrected chi connectivity index (χ4v) is 1.14.